The molecule has 2 aromatic carbocycles. The number of para-hydroxylation sites is 1. The molecule has 0 fully saturated rings. The minimum Gasteiger partial charge on any atom is -0.362 e. The zero-order chi connectivity index (χ0) is 14.3. The number of hydrogen-bond acceptors (Lipinski definition) is 2. The number of anilines is 2. The van der Waals surface area contributed by atoms with Gasteiger partial charge in [-0.25, -0.2) is 0 Å². The van der Waals surface area contributed by atoms with Crippen molar-refractivity contribution in [1.29, 1.82) is 0 Å². The van der Waals surface area contributed by atoms with Crippen LogP contribution in [0.2, 0.25) is 0 Å². The van der Waals surface area contributed by atoms with Gasteiger partial charge in [-0.2, -0.15) is 0 Å². The Balaban J connectivity index is 2.11. The molecule has 0 bridgehead atoms. The molecule has 0 radical (unpaired) electrons. The predicted molar refractivity (Wildman–Crippen MR) is 82.1 cm³/mol. The molecule has 1 N–H and O–H groups in total. The SMILES string of the molecule is Cc1ccc(N2C(=O)c3ccccc3NC2(C)C)cc1. The fraction of sp³-hybridized carbons (Fsp3) is 0.235. The molecule has 0 aliphatic carbocycles. The summed E-state index contributed by atoms with van der Waals surface area (Å²) >= 11 is 0. The molecule has 1 aliphatic rings. The first-order chi connectivity index (χ1) is 9.49. The van der Waals surface area contributed by atoms with Gasteiger partial charge in [-0.1, -0.05) is 29.8 Å². The number of benzene rings is 2. The first-order valence-electron chi connectivity index (χ1n) is 6.77. The van der Waals surface area contributed by atoms with E-state index in [0.717, 1.165) is 11.4 Å². The number of fused-ring (bicyclic) bond motifs is 1. The highest BCUT2D eigenvalue weighted by molar-refractivity contribution is 6.12. The molecule has 20 heavy (non-hydrogen) atoms. The van der Waals surface area contributed by atoms with Gasteiger partial charge in [0.15, 0.2) is 0 Å². The van der Waals surface area contributed by atoms with E-state index >= 15 is 0 Å². The van der Waals surface area contributed by atoms with Crippen LogP contribution in [0.25, 0.3) is 0 Å². The van der Waals surface area contributed by atoms with Gasteiger partial charge in [0.1, 0.15) is 5.66 Å². The third-order valence-corrected chi connectivity index (χ3v) is 3.65. The van der Waals surface area contributed by atoms with Crippen molar-refractivity contribution < 1.29 is 4.79 Å². The summed E-state index contributed by atoms with van der Waals surface area (Å²) in [6.07, 6.45) is 0. The van der Waals surface area contributed by atoms with E-state index in [9.17, 15) is 4.79 Å². The normalized spacial score (nSPS) is 16.6. The van der Waals surface area contributed by atoms with Gasteiger partial charge in [0.05, 0.1) is 5.56 Å². The highest BCUT2D eigenvalue weighted by Gasteiger charge is 2.38. The van der Waals surface area contributed by atoms with Crippen LogP contribution < -0.4 is 10.2 Å². The molecule has 0 atom stereocenters. The van der Waals surface area contributed by atoms with Crippen LogP contribution in [0.3, 0.4) is 0 Å². The summed E-state index contributed by atoms with van der Waals surface area (Å²) in [5, 5.41) is 3.43. The van der Waals surface area contributed by atoms with Gasteiger partial charge in [0.2, 0.25) is 0 Å². The molecule has 1 heterocycles. The number of rotatable bonds is 1. The van der Waals surface area contributed by atoms with Crippen LogP contribution in [-0.4, -0.2) is 11.6 Å². The van der Waals surface area contributed by atoms with Crippen molar-refractivity contribution in [3.8, 4) is 0 Å². The average molecular weight is 266 g/mol. The number of nitrogens with zero attached hydrogens (tertiary/aromatic N) is 1. The molecule has 102 valence electrons. The van der Waals surface area contributed by atoms with E-state index in [2.05, 4.69) is 5.32 Å². The summed E-state index contributed by atoms with van der Waals surface area (Å²) < 4.78 is 0. The maximum Gasteiger partial charge on any atom is 0.262 e. The van der Waals surface area contributed by atoms with Crippen molar-refractivity contribution in [2.24, 2.45) is 0 Å². The van der Waals surface area contributed by atoms with Crippen LogP contribution in [0.1, 0.15) is 29.8 Å². The number of hydrogen-bond donors (Lipinski definition) is 1. The number of nitrogens with one attached hydrogen (secondary N) is 1. The summed E-state index contributed by atoms with van der Waals surface area (Å²) in [5.74, 6) is 0.0354. The van der Waals surface area contributed by atoms with Crippen LogP contribution in [0, 0.1) is 6.92 Å². The first-order valence-corrected chi connectivity index (χ1v) is 6.77. The Kier molecular flexibility index (Phi) is 2.78. The summed E-state index contributed by atoms with van der Waals surface area (Å²) in [4.78, 5) is 14.6. The first kappa shape index (κ1) is 12.7. The fourth-order valence-corrected chi connectivity index (χ4v) is 2.67. The van der Waals surface area contributed by atoms with E-state index in [1.165, 1.54) is 5.56 Å². The van der Waals surface area contributed by atoms with Crippen molar-refractivity contribution in [3.63, 3.8) is 0 Å². The Labute approximate surface area is 119 Å². The van der Waals surface area contributed by atoms with Crippen LogP contribution in [-0.2, 0) is 0 Å². The molecule has 1 amide bonds. The van der Waals surface area contributed by atoms with Gasteiger partial charge >= 0.3 is 0 Å². The number of carbonyl (C=O) groups excluding carboxylic acids is 1. The van der Waals surface area contributed by atoms with Crippen molar-refractivity contribution >= 4 is 17.3 Å². The largest absolute Gasteiger partial charge is 0.362 e. The van der Waals surface area contributed by atoms with E-state index in [1.54, 1.807) is 0 Å². The second-order valence-electron chi connectivity index (χ2n) is 5.71. The molecule has 2 aromatic rings. The zero-order valence-corrected chi connectivity index (χ0v) is 12.0. The quantitative estimate of drug-likeness (QED) is 0.851. The van der Waals surface area contributed by atoms with Gasteiger partial charge in [0, 0.05) is 11.4 Å². The molecular weight excluding hydrogens is 248 g/mol. The molecular formula is C17H18N2O. The lowest BCUT2D eigenvalue weighted by Crippen LogP contribution is -2.56. The highest BCUT2D eigenvalue weighted by atomic mass is 16.2. The molecule has 0 unspecified atom stereocenters. The van der Waals surface area contributed by atoms with Crippen molar-refractivity contribution in [2.75, 3.05) is 10.2 Å². The fourth-order valence-electron chi connectivity index (χ4n) is 2.67. The Bertz CT molecular complexity index is 659. The molecule has 0 aromatic heterocycles. The second kappa shape index (κ2) is 4.37. The molecule has 0 saturated carbocycles. The van der Waals surface area contributed by atoms with Gasteiger partial charge in [-0.05, 0) is 45.0 Å². The maximum absolute atomic E-state index is 12.8. The summed E-state index contributed by atoms with van der Waals surface area (Å²) in [7, 11) is 0. The number of aryl methyl sites for hydroxylation is 1. The van der Waals surface area contributed by atoms with Gasteiger partial charge < -0.3 is 5.32 Å². The molecule has 0 spiro atoms. The van der Waals surface area contributed by atoms with Gasteiger partial charge in [0.25, 0.3) is 5.91 Å². The summed E-state index contributed by atoms with van der Waals surface area (Å²) in [5.41, 5.74) is 3.25. The van der Waals surface area contributed by atoms with Crippen LogP contribution in [0.5, 0.6) is 0 Å². The third kappa shape index (κ3) is 1.95. The van der Waals surface area contributed by atoms with Gasteiger partial charge in [-0.3, -0.25) is 9.69 Å². The summed E-state index contributed by atoms with van der Waals surface area (Å²) in [6, 6.07) is 15.7. The van der Waals surface area contributed by atoms with Crippen LogP contribution in [0.4, 0.5) is 11.4 Å². The average Bonchev–Trinajstić information content (AvgIpc) is 2.40. The Morgan fingerprint density at radius 3 is 2.35 bits per heavy atom. The monoisotopic (exact) mass is 266 g/mol. The van der Waals surface area contributed by atoms with Gasteiger partial charge in [-0.15, -0.1) is 0 Å². The Morgan fingerprint density at radius 2 is 1.65 bits per heavy atom. The second-order valence-corrected chi connectivity index (χ2v) is 5.71. The van der Waals surface area contributed by atoms with E-state index in [4.69, 9.17) is 0 Å². The third-order valence-electron chi connectivity index (χ3n) is 3.65. The Hall–Kier alpha value is -2.29. The standard InChI is InChI=1S/C17H18N2O/c1-12-8-10-13(11-9-12)19-16(20)14-6-4-5-7-15(14)18-17(19,2)3/h4-11,18H,1-3H3. The minimum absolute atomic E-state index is 0.0354. The number of amides is 1. The lowest BCUT2D eigenvalue weighted by Gasteiger charge is -2.44. The Morgan fingerprint density at radius 1 is 1.00 bits per heavy atom. The lowest BCUT2D eigenvalue weighted by atomic mass is 10.0. The minimum atomic E-state index is -0.458. The number of carbonyl (C=O) groups is 1. The molecule has 0 saturated heterocycles. The lowest BCUT2D eigenvalue weighted by molar-refractivity contribution is 0.0961. The van der Waals surface area contributed by atoms with E-state index < -0.39 is 5.66 Å². The topological polar surface area (TPSA) is 32.3 Å². The molecule has 3 nitrogen and oxygen atoms in total. The maximum atomic E-state index is 12.8. The smallest absolute Gasteiger partial charge is 0.262 e. The van der Waals surface area contributed by atoms with Crippen LogP contribution >= 0.6 is 0 Å². The van der Waals surface area contributed by atoms with E-state index in [1.807, 2.05) is 74.2 Å². The molecule has 3 heteroatoms. The van der Waals surface area contributed by atoms with Crippen molar-refractivity contribution in [1.82, 2.24) is 0 Å². The highest BCUT2D eigenvalue weighted by Crippen LogP contribution is 2.34. The summed E-state index contributed by atoms with van der Waals surface area (Å²) in [6.45, 7) is 6.07. The van der Waals surface area contributed by atoms with Crippen LogP contribution in [0.15, 0.2) is 48.5 Å². The predicted octanol–water partition coefficient (Wildman–Crippen LogP) is 3.80. The van der Waals surface area contributed by atoms with Crippen molar-refractivity contribution in [3.05, 3.63) is 59.7 Å². The van der Waals surface area contributed by atoms with Crippen molar-refractivity contribution in [2.45, 2.75) is 26.4 Å². The molecule has 3 rings (SSSR count). The zero-order valence-electron chi connectivity index (χ0n) is 12.0. The van der Waals surface area contributed by atoms with E-state index in [-0.39, 0.29) is 5.91 Å². The van der Waals surface area contributed by atoms with E-state index in [0.29, 0.717) is 5.56 Å². The molecule has 1 aliphatic heterocycles.